The van der Waals surface area contributed by atoms with Crippen LogP contribution in [0.3, 0.4) is 0 Å². The van der Waals surface area contributed by atoms with Gasteiger partial charge in [-0.2, -0.15) is 0 Å². The van der Waals surface area contributed by atoms with Gasteiger partial charge in [0.2, 0.25) is 11.8 Å². The van der Waals surface area contributed by atoms with Crippen molar-refractivity contribution in [3.63, 3.8) is 0 Å². The Hall–Kier alpha value is -3.19. The van der Waals surface area contributed by atoms with E-state index in [-0.39, 0.29) is 24.1 Å². The minimum absolute atomic E-state index is 0.110. The number of para-hydroxylation sites is 1. The second kappa shape index (κ2) is 9.69. The number of piperidine rings is 1. The third-order valence-electron chi connectivity index (χ3n) is 8.37. The first-order valence-electron chi connectivity index (χ1n) is 13.3. The van der Waals surface area contributed by atoms with Crippen LogP contribution in [-0.4, -0.2) is 41.3 Å². The highest BCUT2D eigenvalue weighted by atomic mass is 16.5. The topological polar surface area (TPSA) is 87.7 Å². The SMILES string of the molecule is O=C1CCC(N2Cc3cc(C[C@H]4CCCC[C@@H]4NC4CCOc5ccccc54)ccc3C2=O)C(=O)N1. The normalized spacial score (nSPS) is 27.8. The van der Waals surface area contributed by atoms with Crippen LogP contribution in [-0.2, 0) is 22.6 Å². The maximum Gasteiger partial charge on any atom is 0.255 e. The highest BCUT2D eigenvalue weighted by Gasteiger charge is 2.39. The molecule has 3 heterocycles. The van der Waals surface area contributed by atoms with E-state index in [2.05, 4.69) is 41.0 Å². The zero-order valence-electron chi connectivity index (χ0n) is 20.5. The number of rotatable bonds is 5. The lowest BCUT2D eigenvalue weighted by molar-refractivity contribution is -0.136. The summed E-state index contributed by atoms with van der Waals surface area (Å²) in [6.45, 7) is 1.17. The van der Waals surface area contributed by atoms with Gasteiger partial charge in [-0.3, -0.25) is 19.7 Å². The number of hydrogen-bond acceptors (Lipinski definition) is 5. The number of carbonyl (C=O) groups excluding carboxylic acids is 3. The van der Waals surface area contributed by atoms with Crippen LogP contribution in [0.2, 0.25) is 0 Å². The number of amides is 3. The molecule has 1 saturated carbocycles. The highest BCUT2D eigenvalue weighted by molar-refractivity contribution is 6.05. The molecule has 3 amide bonds. The van der Waals surface area contributed by atoms with Gasteiger partial charge in [0, 0.05) is 42.6 Å². The van der Waals surface area contributed by atoms with Gasteiger partial charge >= 0.3 is 0 Å². The lowest BCUT2D eigenvalue weighted by atomic mass is 9.79. The van der Waals surface area contributed by atoms with Crippen LogP contribution in [0.25, 0.3) is 0 Å². The molecule has 2 aromatic carbocycles. The lowest BCUT2D eigenvalue weighted by Crippen LogP contribution is -2.52. The van der Waals surface area contributed by atoms with E-state index in [1.54, 1.807) is 4.90 Å². The molecule has 1 saturated heterocycles. The third-order valence-corrected chi connectivity index (χ3v) is 8.37. The summed E-state index contributed by atoms with van der Waals surface area (Å²) < 4.78 is 5.87. The number of nitrogens with one attached hydrogen (secondary N) is 2. The Kier molecular flexibility index (Phi) is 6.25. The van der Waals surface area contributed by atoms with E-state index < -0.39 is 6.04 Å². The predicted molar refractivity (Wildman–Crippen MR) is 134 cm³/mol. The standard InChI is InChI=1S/C29H33N3O4/c33-27-12-11-25(28(34)31-27)32-17-20-16-18(9-10-21(20)29(32)35)15-19-5-1-3-7-23(19)30-24-13-14-36-26-8-4-2-6-22(24)26/h2,4,6,8-10,16,19,23-25,30H,1,3,5,7,11-15,17H2,(H,31,33,34)/t19-,23+,24?,25?/m1/s1. The quantitative estimate of drug-likeness (QED) is 0.629. The number of nitrogens with zero attached hydrogens (tertiary/aromatic N) is 1. The summed E-state index contributed by atoms with van der Waals surface area (Å²) in [4.78, 5) is 38.6. The summed E-state index contributed by atoms with van der Waals surface area (Å²) in [7, 11) is 0. The van der Waals surface area contributed by atoms with E-state index in [9.17, 15) is 14.4 Å². The fourth-order valence-corrected chi connectivity index (χ4v) is 6.50. The van der Waals surface area contributed by atoms with Gasteiger partial charge in [0.05, 0.1) is 6.61 Å². The Bertz CT molecular complexity index is 1190. The molecular formula is C29H33N3O4. The van der Waals surface area contributed by atoms with Crippen LogP contribution in [0.5, 0.6) is 5.75 Å². The van der Waals surface area contributed by atoms with Crippen molar-refractivity contribution in [3.05, 3.63) is 64.7 Å². The first kappa shape index (κ1) is 23.2. The summed E-state index contributed by atoms with van der Waals surface area (Å²) in [5.74, 6) is 0.801. The van der Waals surface area contributed by atoms with Gasteiger partial charge in [-0.1, -0.05) is 43.2 Å². The Labute approximate surface area is 211 Å². The van der Waals surface area contributed by atoms with Gasteiger partial charge < -0.3 is 15.0 Å². The van der Waals surface area contributed by atoms with E-state index >= 15 is 0 Å². The first-order valence-corrected chi connectivity index (χ1v) is 13.3. The van der Waals surface area contributed by atoms with Crippen LogP contribution < -0.4 is 15.4 Å². The molecule has 0 aromatic heterocycles. The van der Waals surface area contributed by atoms with E-state index in [1.807, 2.05) is 12.1 Å². The molecule has 3 aliphatic heterocycles. The molecule has 7 nitrogen and oxygen atoms in total. The molecule has 0 bridgehead atoms. The van der Waals surface area contributed by atoms with Crippen molar-refractivity contribution in [3.8, 4) is 5.75 Å². The Morgan fingerprint density at radius 2 is 1.86 bits per heavy atom. The molecule has 2 fully saturated rings. The van der Waals surface area contributed by atoms with Crippen LogP contribution in [0.15, 0.2) is 42.5 Å². The van der Waals surface area contributed by atoms with Crippen molar-refractivity contribution in [2.45, 2.75) is 76.0 Å². The van der Waals surface area contributed by atoms with Crippen molar-refractivity contribution in [1.29, 1.82) is 0 Å². The van der Waals surface area contributed by atoms with Gasteiger partial charge in [0.25, 0.3) is 5.91 Å². The number of hydrogen-bond donors (Lipinski definition) is 2. The zero-order valence-corrected chi connectivity index (χ0v) is 20.5. The van der Waals surface area contributed by atoms with Crippen LogP contribution in [0, 0.1) is 5.92 Å². The van der Waals surface area contributed by atoms with E-state index in [0.717, 1.165) is 30.8 Å². The molecule has 2 aromatic rings. The monoisotopic (exact) mass is 487 g/mol. The Morgan fingerprint density at radius 3 is 2.75 bits per heavy atom. The molecule has 188 valence electrons. The highest BCUT2D eigenvalue weighted by Crippen LogP contribution is 2.36. The number of ether oxygens (including phenoxy) is 1. The molecule has 2 N–H and O–H groups in total. The van der Waals surface area contributed by atoms with Crippen molar-refractivity contribution < 1.29 is 19.1 Å². The molecule has 0 spiro atoms. The largest absolute Gasteiger partial charge is 0.493 e. The molecule has 6 rings (SSSR count). The van der Waals surface area contributed by atoms with Crippen molar-refractivity contribution in [2.24, 2.45) is 5.92 Å². The van der Waals surface area contributed by atoms with Gasteiger partial charge in [-0.15, -0.1) is 0 Å². The molecule has 7 heteroatoms. The zero-order chi connectivity index (χ0) is 24.6. The first-order chi connectivity index (χ1) is 17.6. The number of imide groups is 1. The van der Waals surface area contributed by atoms with Gasteiger partial charge in [0.1, 0.15) is 11.8 Å². The van der Waals surface area contributed by atoms with E-state index in [1.165, 1.54) is 36.8 Å². The molecule has 4 aliphatic rings. The van der Waals surface area contributed by atoms with Crippen molar-refractivity contribution in [1.82, 2.24) is 15.5 Å². The van der Waals surface area contributed by atoms with Crippen molar-refractivity contribution in [2.75, 3.05) is 6.61 Å². The summed E-state index contributed by atoms with van der Waals surface area (Å²) in [6.07, 6.45) is 7.49. The predicted octanol–water partition coefficient (Wildman–Crippen LogP) is 3.66. The lowest BCUT2D eigenvalue weighted by Gasteiger charge is -2.37. The number of carbonyl (C=O) groups is 3. The van der Waals surface area contributed by atoms with Gasteiger partial charge in [0.15, 0.2) is 0 Å². The summed E-state index contributed by atoms with van der Waals surface area (Å²) in [5.41, 5.74) is 4.18. The summed E-state index contributed by atoms with van der Waals surface area (Å²) in [5, 5.41) is 6.37. The number of benzene rings is 2. The average molecular weight is 488 g/mol. The maximum atomic E-state index is 13.0. The Balaban J connectivity index is 1.15. The van der Waals surface area contributed by atoms with Gasteiger partial charge in [-0.05, 0) is 54.9 Å². The fourth-order valence-electron chi connectivity index (χ4n) is 6.50. The molecule has 36 heavy (non-hydrogen) atoms. The smallest absolute Gasteiger partial charge is 0.255 e. The van der Waals surface area contributed by atoms with E-state index in [0.29, 0.717) is 36.5 Å². The molecular weight excluding hydrogens is 454 g/mol. The number of fused-ring (bicyclic) bond motifs is 2. The molecule has 0 radical (unpaired) electrons. The second-order valence-electron chi connectivity index (χ2n) is 10.6. The summed E-state index contributed by atoms with van der Waals surface area (Å²) in [6, 6.07) is 14.7. The van der Waals surface area contributed by atoms with Gasteiger partial charge in [-0.25, -0.2) is 0 Å². The third kappa shape index (κ3) is 4.41. The maximum absolute atomic E-state index is 13.0. The van der Waals surface area contributed by atoms with Crippen LogP contribution in [0.1, 0.15) is 78.0 Å². The second-order valence-corrected chi connectivity index (χ2v) is 10.6. The minimum atomic E-state index is -0.569. The molecule has 1 aliphatic carbocycles. The van der Waals surface area contributed by atoms with Crippen LogP contribution in [0.4, 0.5) is 0 Å². The average Bonchev–Trinajstić information content (AvgIpc) is 3.21. The fraction of sp³-hybridized carbons (Fsp3) is 0.483. The minimum Gasteiger partial charge on any atom is -0.493 e. The van der Waals surface area contributed by atoms with E-state index in [4.69, 9.17) is 4.74 Å². The molecule has 2 unspecified atom stereocenters. The van der Waals surface area contributed by atoms with Crippen LogP contribution >= 0.6 is 0 Å². The molecule has 4 atom stereocenters. The van der Waals surface area contributed by atoms with Crippen molar-refractivity contribution >= 4 is 17.7 Å². The Morgan fingerprint density at radius 1 is 1.00 bits per heavy atom. The summed E-state index contributed by atoms with van der Waals surface area (Å²) >= 11 is 0.